The van der Waals surface area contributed by atoms with Crippen LogP contribution >= 0.6 is 0 Å². The number of amides is 2. The van der Waals surface area contributed by atoms with Gasteiger partial charge in [-0.05, 0) is 97.8 Å². The molecule has 4 rings (SSSR count). The summed E-state index contributed by atoms with van der Waals surface area (Å²) in [6.45, 7) is 3.87. The minimum Gasteiger partial charge on any atom is -0.459 e. The number of hydrogen-bond donors (Lipinski definition) is 3. The highest BCUT2D eigenvalue weighted by molar-refractivity contribution is 7.92. The molecule has 4 aromatic rings. The molecule has 0 spiro atoms. The number of carbonyl (C=O) groups excluding carboxylic acids is 2. The lowest BCUT2D eigenvalue weighted by Gasteiger charge is -2.11. The normalized spacial score (nSPS) is 11.0. The maximum Gasteiger partial charge on any atom is 0.291 e. The number of nitrogens with one attached hydrogen (secondary N) is 3. The highest BCUT2D eigenvalue weighted by Gasteiger charge is 2.15. The first-order valence-electron chi connectivity index (χ1n) is 10.7. The molecule has 0 aliphatic rings. The Morgan fingerprint density at radius 3 is 1.91 bits per heavy atom. The first-order chi connectivity index (χ1) is 16.7. The van der Waals surface area contributed by atoms with E-state index in [0.29, 0.717) is 22.6 Å². The van der Waals surface area contributed by atoms with Crippen LogP contribution in [0.5, 0.6) is 0 Å². The highest BCUT2D eigenvalue weighted by atomic mass is 32.2. The second kappa shape index (κ2) is 9.86. The van der Waals surface area contributed by atoms with Gasteiger partial charge in [0.1, 0.15) is 0 Å². The molecule has 0 aliphatic carbocycles. The summed E-state index contributed by atoms with van der Waals surface area (Å²) < 4.78 is 33.0. The van der Waals surface area contributed by atoms with Crippen LogP contribution in [-0.4, -0.2) is 20.2 Å². The van der Waals surface area contributed by atoms with Crippen LogP contribution in [0, 0.1) is 13.8 Å². The smallest absolute Gasteiger partial charge is 0.291 e. The average molecular weight is 490 g/mol. The van der Waals surface area contributed by atoms with Crippen LogP contribution < -0.4 is 15.4 Å². The van der Waals surface area contributed by atoms with Crippen molar-refractivity contribution in [2.45, 2.75) is 18.7 Å². The fourth-order valence-electron chi connectivity index (χ4n) is 3.25. The summed E-state index contributed by atoms with van der Waals surface area (Å²) in [6.07, 6.45) is 1.41. The van der Waals surface area contributed by atoms with E-state index in [1.54, 1.807) is 48.5 Å². The zero-order chi connectivity index (χ0) is 25.0. The van der Waals surface area contributed by atoms with Crippen LogP contribution in [0.3, 0.4) is 0 Å². The van der Waals surface area contributed by atoms with E-state index in [-0.39, 0.29) is 16.6 Å². The quantitative estimate of drug-likeness (QED) is 0.330. The topological polar surface area (TPSA) is 118 Å². The van der Waals surface area contributed by atoms with E-state index in [1.807, 2.05) is 19.9 Å². The fraction of sp³-hybridized carbons (Fsp3) is 0.0769. The largest absolute Gasteiger partial charge is 0.459 e. The molecule has 35 heavy (non-hydrogen) atoms. The van der Waals surface area contributed by atoms with Crippen LogP contribution in [0.1, 0.15) is 32.0 Å². The number of hydrogen-bond acceptors (Lipinski definition) is 5. The predicted octanol–water partition coefficient (Wildman–Crippen LogP) is 5.20. The third-order valence-corrected chi connectivity index (χ3v) is 6.73. The van der Waals surface area contributed by atoms with Gasteiger partial charge in [-0.2, -0.15) is 0 Å². The summed E-state index contributed by atoms with van der Waals surface area (Å²) in [6, 6.07) is 20.7. The molecule has 0 aliphatic heterocycles. The molecule has 0 fully saturated rings. The molecular formula is C26H23N3O5S. The summed E-state index contributed by atoms with van der Waals surface area (Å²) in [4.78, 5) is 24.7. The SMILES string of the molecule is Cc1ccc(NS(=O)(=O)c2ccc(NC(=O)c3ccc(NC(=O)c4ccco4)cc3)cc2)cc1C. The summed E-state index contributed by atoms with van der Waals surface area (Å²) in [5.41, 5.74) is 3.85. The van der Waals surface area contributed by atoms with Gasteiger partial charge >= 0.3 is 0 Å². The van der Waals surface area contributed by atoms with Crippen LogP contribution in [-0.2, 0) is 10.0 Å². The predicted molar refractivity (Wildman–Crippen MR) is 134 cm³/mol. The van der Waals surface area contributed by atoms with Crippen molar-refractivity contribution in [3.63, 3.8) is 0 Å². The van der Waals surface area contributed by atoms with Gasteiger partial charge in [0.25, 0.3) is 21.8 Å². The minimum absolute atomic E-state index is 0.0744. The van der Waals surface area contributed by atoms with E-state index >= 15 is 0 Å². The monoisotopic (exact) mass is 489 g/mol. The molecule has 1 aromatic heterocycles. The van der Waals surface area contributed by atoms with Crippen molar-refractivity contribution in [2.75, 3.05) is 15.4 Å². The molecule has 0 atom stereocenters. The zero-order valence-electron chi connectivity index (χ0n) is 19.0. The minimum atomic E-state index is -3.78. The Morgan fingerprint density at radius 2 is 1.31 bits per heavy atom. The zero-order valence-corrected chi connectivity index (χ0v) is 19.8. The van der Waals surface area contributed by atoms with Crippen molar-refractivity contribution >= 4 is 38.9 Å². The molecule has 0 saturated heterocycles. The van der Waals surface area contributed by atoms with Crippen molar-refractivity contribution in [1.29, 1.82) is 0 Å². The van der Waals surface area contributed by atoms with Crippen LogP contribution in [0.25, 0.3) is 0 Å². The van der Waals surface area contributed by atoms with Gasteiger partial charge in [0, 0.05) is 22.6 Å². The molecule has 178 valence electrons. The second-order valence-corrected chi connectivity index (χ2v) is 9.57. The Balaban J connectivity index is 1.38. The number of rotatable bonds is 7. The molecule has 0 saturated carbocycles. The molecule has 1 heterocycles. The first kappa shape index (κ1) is 23.8. The van der Waals surface area contributed by atoms with E-state index in [4.69, 9.17) is 4.42 Å². The summed E-state index contributed by atoms with van der Waals surface area (Å²) >= 11 is 0. The molecule has 3 aromatic carbocycles. The van der Waals surface area contributed by atoms with Gasteiger partial charge in [0.05, 0.1) is 11.2 Å². The van der Waals surface area contributed by atoms with E-state index in [0.717, 1.165) is 11.1 Å². The lowest BCUT2D eigenvalue weighted by molar-refractivity contribution is 0.0995. The van der Waals surface area contributed by atoms with Crippen molar-refractivity contribution in [2.24, 2.45) is 0 Å². The van der Waals surface area contributed by atoms with E-state index in [2.05, 4.69) is 15.4 Å². The summed E-state index contributed by atoms with van der Waals surface area (Å²) in [5.74, 6) is -0.589. The van der Waals surface area contributed by atoms with Gasteiger partial charge in [-0.3, -0.25) is 14.3 Å². The van der Waals surface area contributed by atoms with Gasteiger partial charge in [0.2, 0.25) is 0 Å². The molecule has 0 unspecified atom stereocenters. The van der Waals surface area contributed by atoms with Gasteiger partial charge in [-0.1, -0.05) is 6.07 Å². The number of benzene rings is 3. The van der Waals surface area contributed by atoms with Crippen molar-refractivity contribution in [1.82, 2.24) is 0 Å². The van der Waals surface area contributed by atoms with Crippen molar-refractivity contribution < 1.29 is 22.4 Å². The van der Waals surface area contributed by atoms with E-state index < -0.39 is 15.9 Å². The van der Waals surface area contributed by atoms with Crippen LogP contribution in [0.4, 0.5) is 17.1 Å². The highest BCUT2D eigenvalue weighted by Crippen LogP contribution is 2.21. The van der Waals surface area contributed by atoms with Gasteiger partial charge in [-0.25, -0.2) is 8.42 Å². The molecule has 9 heteroatoms. The molecule has 3 N–H and O–H groups in total. The Bertz CT molecular complexity index is 1460. The average Bonchev–Trinajstić information content (AvgIpc) is 3.37. The molecular weight excluding hydrogens is 466 g/mol. The number of furan rings is 1. The van der Waals surface area contributed by atoms with Crippen molar-refractivity contribution in [3.8, 4) is 0 Å². The first-order valence-corrected chi connectivity index (χ1v) is 12.2. The third-order valence-electron chi connectivity index (χ3n) is 5.33. The Morgan fingerprint density at radius 1 is 0.714 bits per heavy atom. The Hall–Kier alpha value is -4.37. The Labute approximate surface area is 203 Å². The van der Waals surface area contributed by atoms with Crippen LogP contribution in [0.2, 0.25) is 0 Å². The van der Waals surface area contributed by atoms with Gasteiger partial charge in [-0.15, -0.1) is 0 Å². The fourth-order valence-corrected chi connectivity index (χ4v) is 4.29. The number of aryl methyl sites for hydroxylation is 2. The second-order valence-electron chi connectivity index (χ2n) is 7.89. The van der Waals surface area contributed by atoms with Gasteiger partial charge < -0.3 is 15.1 Å². The van der Waals surface area contributed by atoms with E-state index in [9.17, 15) is 18.0 Å². The lowest BCUT2D eigenvalue weighted by Crippen LogP contribution is -2.14. The maximum absolute atomic E-state index is 12.7. The molecule has 8 nitrogen and oxygen atoms in total. The van der Waals surface area contributed by atoms with E-state index in [1.165, 1.54) is 30.5 Å². The van der Waals surface area contributed by atoms with Crippen LogP contribution in [0.15, 0.2) is 94.4 Å². The molecule has 0 bridgehead atoms. The number of sulfonamides is 1. The maximum atomic E-state index is 12.7. The Kier molecular flexibility index (Phi) is 6.70. The third kappa shape index (κ3) is 5.77. The van der Waals surface area contributed by atoms with Gasteiger partial charge in [0.15, 0.2) is 5.76 Å². The summed E-state index contributed by atoms with van der Waals surface area (Å²) in [7, 11) is -3.78. The summed E-state index contributed by atoms with van der Waals surface area (Å²) in [5, 5.41) is 5.40. The lowest BCUT2D eigenvalue weighted by atomic mass is 10.1. The van der Waals surface area contributed by atoms with Crippen molar-refractivity contribution in [3.05, 3.63) is 108 Å². The standard InChI is InChI=1S/C26H23N3O5S/c1-17-5-8-22(16-18(17)2)29-35(32,33)23-13-11-21(12-14-23)27-25(30)19-6-9-20(10-7-19)28-26(31)24-4-3-15-34-24/h3-16,29H,1-2H3,(H,27,30)(H,28,31). The number of carbonyl (C=O) groups is 2. The number of anilines is 3. The molecule has 0 radical (unpaired) electrons. The molecule has 2 amide bonds.